The van der Waals surface area contributed by atoms with Gasteiger partial charge in [0.1, 0.15) is 11.8 Å². The van der Waals surface area contributed by atoms with E-state index in [-0.39, 0.29) is 6.10 Å². The molecule has 2 aromatic rings. The summed E-state index contributed by atoms with van der Waals surface area (Å²) in [6.07, 6.45) is -0.322. The number of nitrogens with zero attached hydrogens (tertiary/aromatic N) is 2. The van der Waals surface area contributed by atoms with Crippen molar-refractivity contribution in [1.29, 1.82) is 0 Å². The largest absolute Gasteiger partial charge is 0.485 e. The molecule has 0 aliphatic carbocycles. The molecule has 0 radical (unpaired) electrons. The van der Waals surface area contributed by atoms with Crippen LogP contribution in [0.25, 0.3) is 0 Å². The Labute approximate surface area is 110 Å². The third kappa shape index (κ3) is 2.11. The maximum atomic E-state index is 5.92. The summed E-state index contributed by atoms with van der Waals surface area (Å²) in [5.74, 6) is 2.00. The predicted molar refractivity (Wildman–Crippen MR) is 67.1 cm³/mol. The van der Waals surface area contributed by atoms with Crippen molar-refractivity contribution in [2.75, 3.05) is 6.61 Å². The quantitative estimate of drug-likeness (QED) is 0.741. The second-order valence-corrected chi connectivity index (χ2v) is 4.44. The Hall–Kier alpha value is -1.81. The third-order valence-electron chi connectivity index (χ3n) is 2.64. The van der Waals surface area contributed by atoms with Crippen molar-refractivity contribution >= 4 is 11.6 Å². The van der Waals surface area contributed by atoms with Gasteiger partial charge >= 0.3 is 0 Å². The van der Waals surface area contributed by atoms with Gasteiger partial charge in [0.25, 0.3) is 0 Å². The van der Waals surface area contributed by atoms with Crippen molar-refractivity contribution < 1.29 is 9.47 Å². The van der Waals surface area contributed by atoms with Crippen LogP contribution < -0.4 is 9.47 Å². The van der Waals surface area contributed by atoms with E-state index in [0.29, 0.717) is 23.3 Å². The number of hydrogen-bond acceptors (Lipinski definition) is 4. The van der Waals surface area contributed by atoms with E-state index in [1.807, 2.05) is 31.2 Å². The summed E-state index contributed by atoms with van der Waals surface area (Å²) in [6.45, 7) is 2.26. The first-order chi connectivity index (χ1) is 8.72. The monoisotopic (exact) mass is 262 g/mol. The highest BCUT2D eigenvalue weighted by Crippen LogP contribution is 2.35. The van der Waals surface area contributed by atoms with Crippen molar-refractivity contribution in [3.63, 3.8) is 0 Å². The molecule has 4 nitrogen and oxygen atoms in total. The second kappa shape index (κ2) is 4.46. The molecule has 0 saturated heterocycles. The van der Waals surface area contributed by atoms with E-state index >= 15 is 0 Å². The van der Waals surface area contributed by atoms with Gasteiger partial charge in [0.2, 0.25) is 0 Å². The SMILES string of the molecule is Cc1cc(Cl)nc(C2COc3ccccc3O2)n1. The molecule has 1 unspecified atom stereocenters. The predicted octanol–water partition coefficient (Wildman–Crippen LogP) is 2.95. The van der Waals surface area contributed by atoms with Crippen LogP contribution in [0.15, 0.2) is 30.3 Å². The van der Waals surface area contributed by atoms with Gasteiger partial charge in [-0.3, -0.25) is 0 Å². The molecule has 1 aliphatic heterocycles. The van der Waals surface area contributed by atoms with Crippen molar-refractivity contribution in [2.24, 2.45) is 0 Å². The lowest BCUT2D eigenvalue weighted by atomic mass is 10.2. The average Bonchev–Trinajstić information content (AvgIpc) is 2.37. The number of halogens is 1. The number of rotatable bonds is 1. The molecule has 0 amide bonds. The topological polar surface area (TPSA) is 44.2 Å². The van der Waals surface area contributed by atoms with Gasteiger partial charge in [0, 0.05) is 5.69 Å². The molecule has 1 aromatic carbocycles. The lowest BCUT2D eigenvalue weighted by Gasteiger charge is -2.25. The van der Waals surface area contributed by atoms with Crippen molar-refractivity contribution in [3.8, 4) is 11.5 Å². The summed E-state index contributed by atoms with van der Waals surface area (Å²) in [7, 11) is 0. The number of hydrogen-bond donors (Lipinski definition) is 0. The van der Waals surface area contributed by atoms with E-state index in [4.69, 9.17) is 21.1 Å². The highest BCUT2D eigenvalue weighted by atomic mass is 35.5. The highest BCUT2D eigenvalue weighted by molar-refractivity contribution is 6.29. The van der Waals surface area contributed by atoms with Crippen LogP contribution in [0.5, 0.6) is 11.5 Å². The minimum Gasteiger partial charge on any atom is -0.485 e. The Morgan fingerprint density at radius 3 is 2.78 bits per heavy atom. The number of ether oxygens (including phenoxy) is 2. The Morgan fingerprint density at radius 2 is 2.00 bits per heavy atom. The van der Waals surface area contributed by atoms with Crippen LogP contribution in [-0.2, 0) is 0 Å². The zero-order valence-corrected chi connectivity index (χ0v) is 10.5. The third-order valence-corrected chi connectivity index (χ3v) is 2.83. The minimum atomic E-state index is -0.322. The number of benzene rings is 1. The molecule has 0 spiro atoms. The summed E-state index contributed by atoms with van der Waals surface area (Å²) in [6, 6.07) is 9.24. The molecule has 0 saturated carbocycles. The fourth-order valence-electron chi connectivity index (χ4n) is 1.84. The maximum Gasteiger partial charge on any atom is 0.192 e. The van der Waals surface area contributed by atoms with Crippen LogP contribution >= 0.6 is 11.6 Å². The number of para-hydroxylation sites is 2. The molecule has 5 heteroatoms. The number of aromatic nitrogens is 2. The smallest absolute Gasteiger partial charge is 0.192 e. The van der Waals surface area contributed by atoms with E-state index in [1.54, 1.807) is 6.07 Å². The van der Waals surface area contributed by atoms with Gasteiger partial charge in [-0.15, -0.1) is 0 Å². The van der Waals surface area contributed by atoms with Crippen LogP contribution in [0.2, 0.25) is 5.15 Å². The fraction of sp³-hybridized carbons (Fsp3) is 0.231. The standard InChI is InChI=1S/C13H11ClN2O2/c1-8-6-12(14)16-13(15-8)11-7-17-9-4-2-3-5-10(9)18-11/h2-6,11H,7H2,1H3. The molecular weight excluding hydrogens is 252 g/mol. The van der Waals surface area contributed by atoms with Gasteiger partial charge in [0.15, 0.2) is 23.4 Å². The minimum absolute atomic E-state index is 0.322. The zero-order valence-electron chi connectivity index (χ0n) is 9.76. The van der Waals surface area contributed by atoms with Gasteiger partial charge in [-0.25, -0.2) is 9.97 Å². The van der Waals surface area contributed by atoms with E-state index in [2.05, 4.69) is 9.97 Å². The van der Waals surface area contributed by atoms with Crippen molar-refractivity contribution in [3.05, 3.63) is 47.0 Å². The summed E-state index contributed by atoms with van der Waals surface area (Å²) >= 11 is 5.92. The van der Waals surface area contributed by atoms with E-state index in [9.17, 15) is 0 Å². The fourth-order valence-corrected chi connectivity index (χ4v) is 2.09. The van der Waals surface area contributed by atoms with Crippen molar-refractivity contribution in [2.45, 2.75) is 13.0 Å². The van der Waals surface area contributed by atoms with Crippen LogP contribution in [0.1, 0.15) is 17.6 Å². The molecule has 1 aliphatic rings. The Bertz CT molecular complexity index is 569. The molecule has 2 heterocycles. The van der Waals surface area contributed by atoms with E-state index in [1.165, 1.54) is 0 Å². The highest BCUT2D eigenvalue weighted by Gasteiger charge is 2.24. The van der Waals surface area contributed by atoms with Crippen LogP contribution in [0.4, 0.5) is 0 Å². The van der Waals surface area contributed by atoms with E-state index < -0.39 is 0 Å². The van der Waals surface area contributed by atoms with Crippen LogP contribution in [0.3, 0.4) is 0 Å². The number of fused-ring (bicyclic) bond motifs is 1. The molecule has 0 bridgehead atoms. The maximum absolute atomic E-state index is 5.92. The lowest BCUT2D eigenvalue weighted by Crippen LogP contribution is -2.23. The first-order valence-electron chi connectivity index (χ1n) is 5.62. The molecule has 0 N–H and O–H groups in total. The van der Waals surface area contributed by atoms with Gasteiger partial charge < -0.3 is 9.47 Å². The zero-order chi connectivity index (χ0) is 12.5. The van der Waals surface area contributed by atoms with E-state index in [0.717, 1.165) is 11.4 Å². The first kappa shape index (κ1) is 11.3. The summed E-state index contributed by atoms with van der Waals surface area (Å²) in [4.78, 5) is 8.51. The van der Waals surface area contributed by atoms with Crippen LogP contribution in [-0.4, -0.2) is 16.6 Å². The lowest BCUT2D eigenvalue weighted by molar-refractivity contribution is 0.0849. The summed E-state index contributed by atoms with van der Waals surface area (Å²) in [5.41, 5.74) is 0.812. The summed E-state index contributed by atoms with van der Waals surface area (Å²) in [5, 5.41) is 0.417. The Balaban J connectivity index is 1.91. The second-order valence-electron chi connectivity index (χ2n) is 4.05. The molecule has 18 heavy (non-hydrogen) atoms. The average molecular weight is 263 g/mol. The Morgan fingerprint density at radius 1 is 1.22 bits per heavy atom. The molecule has 1 atom stereocenters. The normalized spacial score (nSPS) is 17.6. The molecule has 0 fully saturated rings. The molecular formula is C13H11ClN2O2. The molecule has 3 rings (SSSR count). The van der Waals surface area contributed by atoms with Gasteiger partial charge in [-0.05, 0) is 25.1 Å². The molecule has 92 valence electrons. The van der Waals surface area contributed by atoms with Crippen LogP contribution in [0, 0.1) is 6.92 Å². The van der Waals surface area contributed by atoms with Gasteiger partial charge in [0.05, 0.1) is 0 Å². The number of aryl methyl sites for hydroxylation is 1. The Kier molecular flexibility index (Phi) is 2.80. The first-order valence-corrected chi connectivity index (χ1v) is 6.00. The van der Waals surface area contributed by atoms with Gasteiger partial charge in [-0.2, -0.15) is 0 Å². The van der Waals surface area contributed by atoms with Gasteiger partial charge in [-0.1, -0.05) is 23.7 Å². The molecule has 1 aromatic heterocycles. The van der Waals surface area contributed by atoms with Crippen molar-refractivity contribution in [1.82, 2.24) is 9.97 Å². The summed E-state index contributed by atoms with van der Waals surface area (Å²) < 4.78 is 11.4.